The lowest BCUT2D eigenvalue weighted by atomic mass is 10.2. The number of carbonyl (C=O) groups is 1. The van der Waals surface area contributed by atoms with Gasteiger partial charge in [0.25, 0.3) is 0 Å². The molecule has 73 valence electrons. The highest BCUT2D eigenvalue weighted by molar-refractivity contribution is 5.70. The lowest BCUT2D eigenvalue weighted by Crippen LogP contribution is -2.34. The molecular weight excluding hydrogens is 166 g/mol. The van der Waals surface area contributed by atoms with Crippen LogP contribution in [0.25, 0.3) is 0 Å². The topological polar surface area (TPSA) is 29.5 Å². The second kappa shape index (κ2) is 3.64. The first-order valence-electron chi connectivity index (χ1n) is 4.32. The van der Waals surface area contributed by atoms with E-state index in [0.29, 0.717) is 6.54 Å². The summed E-state index contributed by atoms with van der Waals surface area (Å²) in [4.78, 5) is 13.0. The number of hydrogen-bond donors (Lipinski definition) is 0. The molecule has 1 radical (unpaired) electrons. The Bertz CT molecular complexity index is 253. The maximum atomic E-state index is 11.4. The first kappa shape index (κ1) is 9.84. The number of hydrogen-bond acceptors (Lipinski definition) is 2. The van der Waals surface area contributed by atoms with E-state index in [0.717, 1.165) is 0 Å². The van der Waals surface area contributed by atoms with E-state index in [1.807, 2.05) is 39.0 Å². The molecule has 0 saturated carbocycles. The van der Waals surface area contributed by atoms with Crippen LogP contribution in [0.5, 0.6) is 0 Å². The molecule has 0 aromatic rings. The number of rotatable bonds is 0. The molecule has 1 rings (SSSR count). The van der Waals surface area contributed by atoms with Gasteiger partial charge >= 0.3 is 6.09 Å². The van der Waals surface area contributed by atoms with Crippen LogP contribution in [0.1, 0.15) is 22.2 Å². The van der Waals surface area contributed by atoms with Crippen molar-refractivity contribution in [2.75, 3.05) is 6.54 Å². The number of allylic oxidation sites excluding steroid dienone is 2. The minimum absolute atomic E-state index is 0. The minimum Gasteiger partial charge on any atom is -0.443 e. The van der Waals surface area contributed by atoms with Gasteiger partial charge in [0, 0.05) is 14.2 Å². The number of ether oxygens (including phenoxy) is 1. The SMILES string of the molecule is CC(C)(C)OC(=O)N1C=CC=CC1.[H]. The minimum atomic E-state index is -0.425. The van der Waals surface area contributed by atoms with Crippen molar-refractivity contribution in [3.8, 4) is 0 Å². The summed E-state index contributed by atoms with van der Waals surface area (Å²) in [5.74, 6) is 0. The van der Waals surface area contributed by atoms with E-state index in [9.17, 15) is 4.79 Å². The van der Waals surface area contributed by atoms with Gasteiger partial charge in [0.15, 0.2) is 0 Å². The second-order valence-electron chi connectivity index (χ2n) is 3.90. The van der Waals surface area contributed by atoms with Crippen LogP contribution in [0.4, 0.5) is 4.79 Å². The highest BCUT2D eigenvalue weighted by Crippen LogP contribution is 2.11. The summed E-state index contributed by atoms with van der Waals surface area (Å²) in [5.41, 5.74) is -0.425. The fraction of sp³-hybridized carbons (Fsp3) is 0.500. The summed E-state index contributed by atoms with van der Waals surface area (Å²) in [6.07, 6.45) is 7.04. The van der Waals surface area contributed by atoms with Crippen LogP contribution in [-0.4, -0.2) is 23.1 Å². The zero-order valence-electron chi connectivity index (χ0n) is 9.28. The predicted molar refractivity (Wildman–Crippen MR) is 52.3 cm³/mol. The molecule has 1 heterocycles. The largest absolute Gasteiger partial charge is 0.443 e. The van der Waals surface area contributed by atoms with Crippen molar-refractivity contribution >= 4 is 6.09 Å². The molecule has 0 atom stereocenters. The van der Waals surface area contributed by atoms with Crippen molar-refractivity contribution in [1.29, 1.82) is 0 Å². The molecule has 0 aromatic heterocycles. The van der Waals surface area contributed by atoms with Crippen molar-refractivity contribution < 1.29 is 11.0 Å². The van der Waals surface area contributed by atoms with Gasteiger partial charge in [-0.15, -0.1) is 0 Å². The van der Waals surface area contributed by atoms with Crippen molar-refractivity contribution in [3.63, 3.8) is 0 Å². The van der Waals surface area contributed by atoms with Gasteiger partial charge in [-0.1, -0.05) is 12.2 Å². The standard InChI is InChI=1S/C10H15NO2.H/c1-10(2,3)13-9(12)11-7-5-4-6-8-11;/h4-7H,8H2,1-3H3;. The Labute approximate surface area is 80.2 Å². The quantitative estimate of drug-likeness (QED) is 0.575. The fourth-order valence-corrected chi connectivity index (χ4v) is 0.923. The Hall–Kier alpha value is -1.25. The Morgan fingerprint density at radius 3 is 2.62 bits per heavy atom. The molecule has 1 aliphatic heterocycles. The van der Waals surface area contributed by atoms with Crippen LogP contribution in [0, 0.1) is 0 Å². The van der Waals surface area contributed by atoms with Crippen LogP contribution >= 0.6 is 0 Å². The Morgan fingerprint density at radius 1 is 1.46 bits per heavy atom. The molecule has 0 bridgehead atoms. The van der Waals surface area contributed by atoms with Crippen molar-refractivity contribution in [1.82, 2.24) is 4.90 Å². The number of carbonyl (C=O) groups excluding carboxylic acids is 1. The molecule has 0 N–H and O–H groups in total. The van der Waals surface area contributed by atoms with Crippen molar-refractivity contribution in [3.05, 3.63) is 24.4 Å². The zero-order chi connectivity index (χ0) is 9.90. The second-order valence-corrected chi connectivity index (χ2v) is 3.90. The molecule has 0 spiro atoms. The summed E-state index contributed by atoms with van der Waals surface area (Å²) >= 11 is 0. The molecule has 1 amide bonds. The third kappa shape index (κ3) is 3.32. The zero-order valence-corrected chi connectivity index (χ0v) is 8.28. The lowest BCUT2D eigenvalue weighted by molar-refractivity contribution is 0.0350. The fourth-order valence-electron chi connectivity index (χ4n) is 0.923. The van der Waals surface area contributed by atoms with Gasteiger partial charge in [0.2, 0.25) is 0 Å². The van der Waals surface area contributed by atoms with Crippen LogP contribution in [-0.2, 0) is 4.74 Å². The molecule has 0 fully saturated rings. The van der Waals surface area contributed by atoms with Gasteiger partial charge < -0.3 is 4.74 Å². The maximum Gasteiger partial charge on any atom is 0.414 e. The van der Waals surface area contributed by atoms with E-state index in [1.165, 1.54) is 4.90 Å². The Morgan fingerprint density at radius 2 is 2.15 bits per heavy atom. The van der Waals surface area contributed by atoms with Crippen molar-refractivity contribution in [2.24, 2.45) is 0 Å². The summed E-state index contributed by atoms with van der Waals surface area (Å²) in [5, 5.41) is 0. The molecule has 0 aromatic carbocycles. The highest BCUT2D eigenvalue weighted by atomic mass is 16.6. The smallest absolute Gasteiger partial charge is 0.414 e. The molecule has 0 saturated heterocycles. The first-order chi connectivity index (χ1) is 5.99. The van der Waals surface area contributed by atoms with Crippen LogP contribution < -0.4 is 0 Å². The van der Waals surface area contributed by atoms with Gasteiger partial charge in [0.1, 0.15) is 5.60 Å². The third-order valence-electron chi connectivity index (χ3n) is 1.44. The Balaban J connectivity index is 0.00000169. The van der Waals surface area contributed by atoms with Crippen LogP contribution in [0.2, 0.25) is 0 Å². The highest BCUT2D eigenvalue weighted by Gasteiger charge is 2.20. The van der Waals surface area contributed by atoms with Gasteiger partial charge in [-0.3, -0.25) is 4.90 Å². The number of nitrogens with zero attached hydrogens (tertiary/aromatic N) is 1. The van der Waals surface area contributed by atoms with E-state index in [1.54, 1.807) is 6.20 Å². The summed E-state index contributed by atoms with van der Waals surface area (Å²) in [7, 11) is 0. The van der Waals surface area contributed by atoms with E-state index < -0.39 is 5.60 Å². The van der Waals surface area contributed by atoms with Crippen LogP contribution in [0.15, 0.2) is 24.4 Å². The molecule has 1 aliphatic rings. The van der Waals surface area contributed by atoms with Crippen molar-refractivity contribution in [2.45, 2.75) is 26.4 Å². The molecule has 0 aliphatic carbocycles. The summed E-state index contributed by atoms with van der Waals surface area (Å²) in [6.45, 7) is 6.16. The van der Waals surface area contributed by atoms with Crippen LogP contribution in [0.3, 0.4) is 0 Å². The summed E-state index contributed by atoms with van der Waals surface area (Å²) in [6, 6.07) is 0. The Kier molecular flexibility index (Phi) is 2.76. The normalized spacial score (nSPS) is 16.1. The number of amides is 1. The predicted octanol–water partition coefficient (Wildman–Crippen LogP) is 2.42. The molecule has 3 nitrogen and oxygen atoms in total. The van der Waals surface area contributed by atoms with E-state index >= 15 is 0 Å². The lowest BCUT2D eigenvalue weighted by Gasteiger charge is -2.25. The average Bonchev–Trinajstić information content (AvgIpc) is 2.03. The molecular formula is C10H16NO2. The van der Waals surface area contributed by atoms with Gasteiger partial charge in [-0.2, -0.15) is 0 Å². The monoisotopic (exact) mass is 182 g/mol. The van der Waals surface area contributed by atoms with E-state index in [2.05, 4.69) is 0 Å². The van der Waals surface area contributed by atoms with Gasteiger partial charge in [-0.05, 0) is 26.8 Å². The molecule has 3 heteroatoms. The molecule has 13 heavy (non-hydrogen) atoms. The summed E-state index contributed by atoms with van der Waals surface area (Å²) < 4.78 is 5.18. The average molecular weight is 182 g/mol. The van der Waals surface area contributed by atoms with E-state index in [-0.39, 0.29) is 7.52 Å². The van der Waals surface area contributed by atoms with Gasteiger partial charge in [-0.25, -0.2) is 4.79 Å². The first-order valence-corrected chi connectivity index (χ1v) is 4.32. The van der Waals surface area contributed by atoms with E-state index in [4.69, 9.17) is 4.74 Å². The maximum absolute atomic E-state index is 11.4. The van der Waals surface area contributed by atoms with Gasteiger partial charge in [0.05, 0.1) is 0 Å². The third-order valence-corrected chi connectivity index (χ3v) is 1.44. The molecule has 0 unspecified atom stereocenters.